The van der Waals surface area contributed by atoms with Gasteiger partial charge in [-0.05, 0) is 24.0 Å². The lowest BCUT2D eigenvalue weighted by molar-refractivity contribution is 0.159. The molecule has 0 saturated heterocycles. The average Bonchev–Trinajstić information content (AvgIpc) is 2.29. The highest BCUT2D eigenvalue weighted by Gasteiger charge is 2.29. The van der Waals surface area contributed by atoms with Crippen molar-refractivity contribution in [2.45, 2.75) is 38.8 Å². The fraction of sp³-hybridized carbons (Fsp3) is 0.538. The van der Waals surface area contributed by atoms with Gasteiger partial charge in [-0.15, -0.1) is 0 Å². The van der Waals surface area contributed by atoms with Crippen LogP contribution in [-0.4, -0.2) is 6.54 Å². The summed E-state index contributed by atoms with van der Waals surface area (Å²) in [7, 11) is 0. The van der Waals surface area contributed by atoms with E-state index in [-0.39, 0.29) is 6.54 Å². The molecule has 0 aliphatic rings. The Morgan fingerprint density at radius 2 is 2.07 bits per heavy atom. The van der Waals surface area contributed by atoms with Crippen LogP contribution in [0.15, 0.2) is 24.3 Å². The van der Waals surface area contributed by atoms with Crippen molar-refractivity contribution in [2.75, 3.05) is 6.54 Å². The topological polar surface area (TPSA) is 26.0 Å². The Balaban J connectivity index is 3.00. The summed E-state index contributed by atoms with van der Waals surface area (Å²) < 4.78 is 14.4. The molecule has 1 atom stereocenters. The molecule has 0 heterocycles. The highest BCUT2D eigenvalue weighted by molar-refractivity contribution is 5.28. The first-order valence-electron chi connectivity index (χ1n) is 5.64. The van der Waals surface area contributed by atoms with E-state index in [1.165, 1.54) is 5.56 Å². The summed E-state index contributed by atoms with van der Waals surface area (Å²) in [6, 6.07) is 7.70. The Morgan fingerprint density at radius 1 is 1.33 bits per heavy atom. The van der Waals surface area contributed by atoms with Crippen LogP contribution in [0, 0.1) is 0 Å². The predicted octanol–water partition coefficient (Wildman–Crippen LogP) is 3.17. The maximum Gasteiger partial charge on any atom is 0.148 e. The van der Waals surface area contributed by atoms with Gasteiger partial charge in [0.05, 0.1) is 0 Å². The third-order valence-electron chi connectivity index (χ3n) is 2.82. The molecule has 1 rings (SSSR count). The van der Waals surface area contributed by atoms with Crippen molar-refractivity contribution in [2.24, 2.45) is 5.73 Å². The fourth-order valence-corrected chi connectivity index (χ4v) is 1.83. The summed E-state index contributed by atoms with van der Waals surface area (Å²) in [5, 5.41) is 0. The zero-order valence-corrected chi connectivity index (χ0v) is 9.59. The van der Waals surface area contributed by atoms with E-state index < -0.39 is 5.67 Å². The maximum atomic E-state index is 14.4. The molecule has 15 heavy (non-hydrogen) atoms. The second-order valence-corrected chi connectivity index (χ2v) is 3.97. The molecule has 2 heteroatoms. The van der Waals surface area contributed by atoms with E-state index in [0.717, 1.165) is 18.4 Å². The summed E-state index contributed by atoms with van der Waals surface area (Å²) in [5.74, 6) is 0. The van der Waals surface area contributed by atoms with E-state index >= 15 is 0 Å². The Bertz CT molecular complexity index is 311. The first-order valence-corrected chi connectivity index (χ1v) is 5.64. The molecule has 0 aliphatic heterocycles. The highest BCUT2D eigenvalue weighted by Crippen LogP contribution is 2.30. The van der Waals surface area contributed by atoms with Crippen molar-refractivity contribution in [3.05, 3.63) is 35.4 Å². The first-order chi connectivity index (χ1) is 7.16. The van der Waals surface area contributed by atoms with E-state index in [2.05, 4.69) is 6.92 Å². The molecule has 1 unspecified atom stereocenters. The predicted molar refractivity (Wildman–Crippen MR) is 62.6 cm³/mol. The molecule has 0 aromatic heterocycles. The van der Waals surface area contributed by atoms with Gasteiger partial charge in [-0.1, -0.05) is 44.5 Å². The minimum Gasteiger partial charge on any atom is -0.327 e. The normalized spacial score (nSPS) is 14.9. The van der Waals surface area contributed by atoms with Gasteiger partial charge in [0, 0.05) is 6.54 Å². The van der Waals surface area contributed by atoms with Gasteiger partial charge in [0.25, 0.3) is 0 Å². The summed E-state index contributed by atoms with van der Waals surface area (Å²) >= 11 is 0. The van der Waals surface area contributed by atoms with Gasteiger partial charge in [-0.3, -0.25) is 0 Å². The summed E-state index contributed by atoms with van der Waals surface area (Å²) in [6.45, 7) is 4.11. The zero-order valence-electron chi connectivity index (χ0n) is 9.59. The Kier molecular flexibility index (Phi) is 4.28. The van der Waals surface area contributed by atoms with Crippen LogP contribution in [0.4, 0.5) is 4.39 Å². The number of hydrogen-bond acceptors (Lipinski definition) is 1. The molecule has 0 spiro atoms. The van der Waals surface area contributed by atoms with Gasteiger partial charge in [-0.2, -0.15) is 0 Å². The summed E-state index contributed by atoms with van der Waals surface area (Å²) in [6.07, 6.45) is 2.24. The molecule has 1 aromatic rings. The van der Waals surface area contributed by atoms with Crippen LogP contribution in [0.5, 0.6) is 0 Å². The SMILES string of the molecule is CCCC(F)(CN)c1cccc(CC)c1. The van der Waals surface area contributed by atoms with E-state index in [9.17, 15) is 4.39 Å². The quantitative estimate of drug-likeness (QED) is 0.792. The van der Waals surface area contributed by atoms with Crippen molar-refractivity contribution < 1.29 is 4.39 Å². The number of nitrogens with two attached hydrogens (primary N) is 1. The van der Waals surface area contributed by atoms with Gasteiger partial charge < -0.3 is 5.73 Å². The van der Waals surface area contributed by atoms with Gasteiger partial charge >= 0.3 is 0 Å². The van der Waals surface area contributed by atoms with Gasteiger partial charge in [0.15, 0.2) is 0 Å². The lowest BCUT2D eigenvalue weighted by atomic mass is 9.90. The monoisotopic (exact) mass is 209 g/mol. The first kappa shape index (κ1) is 12.2. The minimum absolute atomic E-state index is 0.0635. The Labute approximate surface area is 91.5 Å². The molecule has 1 nitrogen and oxygen atoms in total. The lowest BCUT2D eigenvalue weighted by Crippen LogP contribution is -2.30. The minimum atomic E-state index is -1.35. The average molecular weight is 209 g/mol. The molecular weight excluding hydrogens is 189 g/mol. The third kappa shape index (κ3) is 2.78. The van der Waals surface area contributed by atoms with Crippen LogP contribution >= 0.6 is 0 Å². The van der Waals surface area contributed by atoms with E-state index in [1.807, 2.05) is 31.2 Å². The fourth-order valence-electron chi connectivity index (χ4n) is 1.83. The van der Waals surface area contributed by atoms with Crippen molar-refractivity contribution >= 4 is 0 Å². The van der Waals surface area contributed by atoms with Crippen LogP contribution in [-0.2, 0) is 12.1 Å². The van der Waals surface area contributed by atoms with Crippen LogP contribution in [0.25, 0.3) is 0 Å². The number of rotatable bonds is 5. The molecule has 0 amide bonds. The maximum absolute atomic E-state index is 14.4. The molecular formula is C13H20FN. The van der Waals surface area contributed by atoms with Crippen LogP contribution in [0.2, 0.25) is 0 Å². The number of halogens is 1. The largest absolute Gasteiger partial charge is 0.327 e. The van der Waals surface area contributed by atoms with Gasteiger partial charge in [0.2, 0.25) is 0 Å². The molecule has 0 saturated carbocycles. The smallest absolute Gasteiger partial charge is 0.148 e. The number of aryl methyl sites for hydroxylation is 1. The van der Waals surface area contributed by atoms with E-state index in [1.54, 1.807) is 0 Å². The number of benzene rings is 1. The van der Waals surface area contributed by atoms with Crippen molar-refractivity contribution in [1.29, 1.82) is 0 Å². The van der Waals surface area contributed by atoms with Crippen molar-refractivity contribution in [3.8, 4) is 0 Å². The molecule has 1 aromatic carbocycles. The second kappa shape index (κ2) is 5.26. The zero-order chi connectivity index (χ0) is 11.3. The summed E-state index contributed by atoms with van der Waals surface area (Å²) in [4.78, 5) is 0. The molecule has 0 bridgehead atoms. The van der Waals surface area contributed by atoms with Crippen LogP contribution < -0.4 is 5.73 Å². The molecule has 0 radical (unpaired) electrons. The van der Waals surface area contributed by atoms with E-state index in [4.69, 9.17) is 5.73 Å². The molecule has 0 aliphatic carbocycles. The van der Waals surface area contributed by atoms with Crippen molar-refractivity contribution in [1.82, 2.24) is 0 Å². The van der Waals surface area contributed by atoms with Gasteiger partial charge in [-0.25, -0.2) is 4.39 Å². The standard InChI is InChI=1S/C13H20FN/c1-3-8-13(14,10-15)12-7-5-6-11(4-2)9-12/h5-7,9H,3-4,8,10,15H2,1-2H3. The number of hydrogen-bond donors (Lipinski definition) is 1. The molecule has 2 N–H and O–H groups in total. The second-order valence-electron chi connectivity index (χ2n) is 3.97. The number of alkyl halides is 1. The van der Waals surface area contributed by atoms with Gasteiger partial charge in [0.1, 0.15) is 5.67 Å². The third-order valence-corrected chi connectivity index (χ3v) is 2.82. The Hall–Kier alpha value is -0.890. The molecule has 84 valence electrons. The molecule has 0 fully saturated rings. The lowest BCUT2D eigenvalue weighted by Gasteiger charge is -2.24. The summed E-state index contributed by atoms with van der Waals surface area (Å²) in [5.41, 5.74) is 6.09. The highest BCUT2D eigenvalue weighted by atomic mass is 19.1. The Morgan fingerprint density at radius 3 is 2.60 bits per heavy atom. The van der Waals surface area contributed by atoms with E-state index in [0.29, 0.717) is 6.42 Å². The van der Waals surface area contributed by atoms with Crippen LogP contribution in [0.1, 0.15) is 37.8 Å². The van der Waals surface area contributed by atoms with Crippen molar-refractivity contribution in [3.63, 3.8) is 0 Å². The van der Waals surface area contributed by atoms with Crippen LogP contribution in [0.3, 0.4) is 0 Å².